The third-order valence-corrected chi connectivity index (χ3v) is 6.14. The summed E-state index contributed by atoms with van der Waals surface area (Å²) in [4.78, 5) is 26.4. The highest BCUT2D eigenvalue weighted by atomic mass is 16.5. The number of allylic oxidation sites excluding steroid dienone is 3. The van der Waals surface area contributed by atoms with E-state index in [1.54, 1.807) is 19.2 Å². The first kappa shape index (κ1) is 23.4. The van der Waals surface area contributed by atoms with Crippen LogP contribution in [0.15, 0.2) is 65.0 Å². The topological polar surface area (TPSA) is 94.1 Å². The number of hydrogen-bond donors (Lipinski definition) is 2. The molecule has 0 spiro atoms. The van der Waals surface area contributed by atoms with Gasteiger partial charge in [0.1, 0.15) is 12.4 Å². The number of ketones is 1. The summed E-state index contributed by atoms with van der Waals surface area (Å²) in [7, 11) is 1.59. The monoisotopic (exact) mass is 463 g/mol. The van der Waals surface area contributed by atoms with Crippen LogP contribution >= 0.6 is 0 Å². The van der Waals surface area contributed by atoms with E-state index in [1.807, 2.05) is 38.1 Å². The Hall–Kier alpha value is -3.74. The van der Waals surface area contributed by atoms with E-state index in [2.05, 4.69) is 5.32 Å². The molecule has 1 aliphatic carbocycles. The van der Waals surface area contributed by atoms with Crippen molar-refractivity contribution in [2.45, 2.75) is 45.6 Å². The van der Waals surface area contributed by atoms with Crippen LogP contribution in [-0.2, 0) is 20.9 Å². The molecule has 2 aromatic rings. The molecule has 178 valence electrons. The first-order valence-electron chi connectivity index (χ1n) is 11.4. The van der Waals surface area contributed by atoms with Crippen LogP contribution < -0.4 is 14.8 Å². The molecule has 7 heteroatoms. The van der Waals surface area contributed by atoms with Gasteiger partial charge in [-0.1, -0.05) is 18.2 Å². The molecule has 4 rings (SSSR count). The molecule has 0 aromatic heterocycles. The second-order valence-corrected chi connectivity index (χ2v) is 8.35. The molecule has 0 radical (unpaired) electrons. The van der Waals surface area contributed by atoms with Gasteiger partial charge in [-0.05, 0) is 62.1 Å². The van der Waals surface area contributed by atoms with Crippen molar-refractivity contribution in [3.8, 4) is 17.2 Å². The molecule has 1 heterocycles. The highest BCUT2D eigenvalue weighted by Crippen LogP contribution is 2.44. The Balaban J connectivity index is 1.69. The lowest BCUT2D eigenvalue weighted by Gasteiger charge is -2.34. The molecule has 0 amide bonds. The van der Waals surface area contributed by atoms with Crippen molar-refractivity contribution in [1.29, 1.82) is 0 Å². The fourth-order valence-electron chi connectivity index (χ4n) is 4.52. The molecule has 1 aliphatic heterocycles. The largest absolute Gasteiger partial charge is 0.504 e. The summed E-state index contributed by atoms with van der Waals surface area (Å²) >= 11 is 0. The van der Waals surface area contributed by atoms with E-state index in [-0.39, 0.29) is 18.1 Å². The van der Waals surface area contributed by atoms with Gasteiger partial charge in [0.25, 0.3) is 0 Å². The maximum atomic E-state index is 13.4. The normalized spacial score (nSPS) is 17.7. The highest BCUT2D eigenvalue weighted by Gasteiger charge is 2.39. The van der Waals surface area contributed by atoms with Crippen LogP contribution in [0.25, 0.3) is 0 Å². The number of nitrogens with one attached hydrogen (secondary N) is 1. The predicted molar refractivity (Wildman–Crippen MR) is 127 cm³/mol. The number of carbonyl (C=O) groups excluding carboxylic acids is 2. The molecular formula is C27H29NO6. The summed E-state index contributed by atoms with van der Waals surface area (Å²) in [6.07, 6.45) is 1.93. The Morgan fingerprint density at radius 3 is 2.62 bits per heavy atom. The van der Waals surface area contributed by atoms with Crippen LogP contribution in [0, 0.1) is 0 Å². The van der Waals surface area contributed by atoms with Crippen LogP contribution in [0.3, 0.4) is 0 Å². The van der Waals surface area contributed by atoms with Crippen LogP contribution in [-0.4, -0.2) is 30.6 Å². The van der Waals surface area contributed by atoms with Gasteiger partial charge in [-0.25, -0.2) is 4.79 Å². The third-order valence-electron chi connectivity index (χ3n) is 6.14. The fraction of sp³-hybridized carbons (Fsp3) is 0.333. The summed E-state index contributed by atoms with van der Waals surface area (Å²) < 4.78 is 16.4. The number of benzene rings is 2. The van der Waals surface area contributed by atoms with Gasteiger partial charge in [0.05, 0.1) is 19.3 Å². The lowest BCUT2D eigenvalue weighted by molar-refractivity contribution is -0.140. The predicted octanol–water partition coefficient (Wildman–Crippen LogP) is 4.51. The number of Topliss-reactive ketones (excluding diaryl/α,β-unsaturated/α-hetero) is 1. The molecule has 0 unspecified atom stereocenters. The number of phenolic OH excluding ortho intramolecular Hbond substituents is 1. The number of dihydropyridines is 1. The summed E-state index contributed by atoms with van der Waals surface area (Å²) in [6, 6.07) is 12.2. The number of methoxy groups -OCH3 is 1. The minimum atomic E-state index is -0.604. The maximum absolute atomic E-state index is 13.4. The van der Waals surface area contributed by atoms with Gasteiger partial charge < -0.3 is 24.6 Å². The number of hydrogen-bond acceptors (Lipinski definition) is 7. The average Bonchev–Trinajstić information content (AvgIpc) is 2.83. The van der Waals surface area contributed by atoms with Crippen LogP contribution in [0.4, 0.5) is 0 Å². The summed E-state index contributed by atoms with van der Waals surface area (Å²) in [5.41, 5.74) is 3.99. The highest BCUT2D eigenvalue weighted by molar-refractivity contribution is 6.03. The number of phenols is 1. The van der Waals surface area contributed by atoms with Gasteiger partial charge in [-0.2, -0.15) is 0 Å². The van der Waals surface area contributed by atoms with E-state index >= 15 is 0 Å². The summed E-state index contributed by atoms with van der Waals surface area (Å²) in [5.74, 6) is -0.0507. The van der Waals surface area contributed by atoms with Crippen molar-refractivity contribution in [1.82, 2.24) is 5.32 Å². The van der Waals surface area contributed by atoms with Crippen LogP contribution in [0.5, 0.6) is 17.2 Å². The van der Waals surface area contributed by atoms with Gasteiger partial charge in [0, 0.05) is 29.3 Å². The molecule has 0 bridgehead atoms. The third kappa shape index (κ3) is 4.64. The number of ether oxygens (including phenoxy) is 3. The molecule has 2 N–H and O–H groups in total. The van der Waals surface area contributed by atoms with Crippen molar-refractivity contribution >= 4 is 11.8 Å². The van der Waals surface area contributed by atoms with E-state index in [1.165, 1.54) is 6.07 Å². The zero-order chi connectivity index (χ0) is 24.2. The molecule has 7 nitrogen and oxygen atoms in total. The summed E-state index contributed by atoms with van der Waals surface area (Å²) in [6.45, 7) is 4.12. The molecule has 34 heavy (non-hydrogen) atoms. The molecule has 2 aliphatic rings. The minimum absolute atomic E-state index is 0.00745. The maximum Gasteiger partial charge on any atom is 0.337 e. The Morgan fingerprint density at radius 2 is 1.91 bits per heavy atom. The van der Waals surface area contributed by atoms with E-state index in [9.17, 15) is 14.7 Å². The molecular weight excluding hydrogens is 434 g/mol. The molecule has 0 saturated heterocycles. The van der Waals surface area contributed by atoms with Gasteiger partial charge in [0.2, 0.25) is 0 Å². The van der Waals surface area contributed by atoms with Gasteiger partial charge in [0.15, 0.2) is 17.3 Å². The number of esters is 1. The molecule has 0 fully saturated rings. The summed E-state index contributed by atoms with van der Waals surface area (Å²) in [5, 5.41) is 13.5. The van der Waals surface area contributed by atoms with Gasteiger partial charge >= 0.3 is 5.97 Å². The van der Waals surface area contributed by atoms with E-state index < -0.39 is 11.9 Å². The van der Waals surface area contributed by atoms with Crippen molar-refractivity contribution < 1.29 is 28.9 Å². The smallest absolute Gasteiger partial charge is 0.337 e. The fourth-order valence-corrected chi connectivity index (χ4v) is 4.52. The van der Waals surface area contributed by atoms with E-state index in [4.69, 9.17) is 14.2 Å². The van der Waals surface area contributed by atoms with Gasteiger partial charge in [-0.15, -0.1) is 0 Å². The Morgan fingerprint density at radius 1 is 1.15 bits per heavy atom. The van der Waals surface area contributed by atoms with E-state index in [0.717, 1.165) is 29.9 Å². The number of rotatable bonds is 7. The van der Waals surface area contributed by atoms with Crippen molar-refractivity contribution in [2.75, 3.05) is 13.7 Å². The van der Waals surface area contributed by atoms with Crippen LogP contribution in [0.1, 0.15) is 50.2 Å². The standard InChI is InChI=1S/C27H29NO6/c1-4-33-23-14-18(10-13-21(23)29)25-24(16(2)28-20-6-5-7-22(30)26(20)25)27(31)34-15-17-8-11-19(32-3)12-9-17/h8-14,25,28-29H,4-7,15H2,1-3H3/t25-/m1/s1. The quantitative estimate of drug-likeness (QED) is 0.584. The Labute approximate surface area is 199 Å². The Bertz CT molecular complexity index is 1160. The molecule has 2 aromatic carbocycles. The first-order chi connectivity index (χ1) is 16.4. The first-order valence-corrected chi connectivity index (χ1v) is 11.4. The average molecular weight is 464 g/mol. The van der Waals surface area contributed by atoms with Crippen LogP contribution in [0.2, 0.25) is 0 Å². The second kappa shape index (κ2) is 10.0. The zero-order valence-electron chi connectivity index (χ0n) is 19.6. The number of aromatic hydroxyl groups is 1. The lowest BCUT2D eigenvalue weighted by atomic mass is 9.75. The lowest BCUT2D eigenvalue weighted by Crippen LogP contribution is -2.34. The number of carbonyl (C=O) groups is 2. The van der Waals surface area contributed by atoms with Gasteiger partial charge in [-0.3, -0.25) is 4.79 Å². The molecule has 0 saturated carbocycles. The second-order valence-electron chi connectivity index (χ2n) is 8.35. The van der Waals surface area contributed by atoms with Crippen molar-refractivity contribution in [3.63, 3.8) is 0 Å². The Kier molecular flexibility index (Phi) is 6.91. The minimum Gasteiger partial charge on any atom is -0.504 e. The molecule has 1 atom stereocenters. The van der Waals surface area contributed by atoms with Crippen molar-refractivity contribution in [2.24, 2.45) is 0 Å². The van der Waals surface area contributed by atoms with E-state index in [0.29, 0.717) is 41.2 Å². The van der Waals surface area contributed by atoms with Crippen molar-refractivity contribution in [3.05, 3.63) is 76.1 Å². The zero-order valence-corrected chi connectivity index (χ0v) is 19.6. The SMILES string of the molecule is CCOc1cc([C@@H]2C(C(=O)OCc3ccc(OC)cc3)=C(C)NC3=C2C(=O)CCC3)ccc1O.